The molecule has 0 aliphatic carbocycles. The van der Waals surface area contributed by atoms with Gasteiger partial charge in [-0.1, -0.05) is 6.07 Å². The molecule has 3 aliphatic rings. The number of fused-ring (bicyclic) bond motifs is 3. The minimum absolute atomic E-state index is 0. The maximum Gasteiger partial charge on any atom is 0.222 e. The molecule has 1 amide bonds. The van der Waals surface area contributed by atoms with Crippen molar-refractivity contribution in [3.05, 3.63) is 36.3 Å². The molecule has 0 saturated carbocycles. The first-order valence-electron chi connectivity index (χ1n) is 10.4. The first kappa shape index (κ1) is 22.3. The zero-order valence-corrected chi connectivity index (χ0v) is 18.3. The van der Waals surface area contributed by atoms with Crippen molar-refractivity contribution in [3.63, 3.8) is 0 Å². The zero-order valence-electron chi connectivity index (χ0n) is 16.7. The van der Waals surface area contributed by atoms with Gasteiger partial charge in [0.25, 0.3) is 0 Å². The van der Waals surface area contributed by atoms with Crippen LogP contribution in [0.5, 0.6) is 0 Å². The maximum atomic E-state index is 12.8. The minimum atomic E-state index is 0. The van der Waals surface area contributed by atoms with Crippen LogP contribution >= 0.6 is 24.8 Å². The van der Waals surface area contributed by atoms with Gasteiger partial charge < -0.3 is 14.6 Å². The van der Waals surface area contributed by atoms with E-state index >= 15 is 0 Å². The van der Waals surface area contributed by atoms with Crippen LogP contribution in [0.1, 0.15) is 37.8 Å². The molecule has 0 aromatic carbocycles. The fraction of sp³-hybridized carbons (Fsp3) is 0.619. The minimum Gasteiger partial charge on any atom is -0.340 e. The Morgan fingerprint density at radius 3 is 2.48 bits per heavy atom. The third kappa shape index (κ3) is 5.05. The molecule has 2 atom stereocenters. The van der Waals surface area contributed by atoms with E-state index < -0.39 is 0 Å². The number of halogens is 2. The smallest absolute Gasteiger partial charge is 0.222 e. The second kappa shape index (κ2) is 9.65. The number of hydrogen-bond donors (Lipinski definition) is 1. The van der Waals surface area contributed by atoms with Gasteiger partial charge >= 0.3 is 0 Å². The van der Waals surface area contributed by atoms with Crippen LogP contribution in [0.4, 0.5) is 0 Å². The fourth-order valence-corrected chi connectivity index (χ4v) is 5.17. The molecule has 2 aromatic rings. The van der Waals surface area contributed by atoms with Crippen LogP contribution in [-0.2, 0) is 11.3 Å². The molecule has 6 nitrogen and oxygen atoms in total. The Balaban J connectivity index is 0.00000120. The number of nitrogens with one attached hydrogen (secondary N) is 1. The Hall–Kier alpha value is -1.34. The highest BCUT2D eigenvalue weighted by atomic mass is 35.5. The Kier molecular flexibility index (Phi) is 7.43. The molecule has 29 heavy (non-hydrogen) atoms. The first-order chi connectivity index (χ1) is 13.2. The Labute approximate surface area is 184 Å². The standard InChI is InChI=1S/C21H29N5O.2ClH/c27-21(13-16-11-17-4-5-18(12-16)22-17)25-9-7-24(8-10-25)14-19-15-26-6-2-1-3-20(26)23-19;;/h1-3,6,15-18,22H,4-5,7-14H2;2*1H. The van der Waals surface area contributed by atoms with Crippen LogP contribution in [0.2, 0.25) is 0 Å². The molecule has 3 fully saturated rings. The normalized spacial score (nSPS) is 26.8. The molecule has 2 unspecified atom stereocenters. The molecular weight excluding hydrogens is 409 g/mol. The summed E-state index contributed by atoms with van der Waals surface area (Å²) in [5.74, 6) is 0.959. The van der Waals surface area contributed by atoms with E-state index in [9.17, 15) is 4.79 Å². The lowest BCUT2D eigenvalue weighted by molar-refractivity contribution is -0.134. The van der Waals surface area contributed by atoms with E-state index in [1.165, 1.54) is 25.7 Å². The van der Waals surface area contributed by atoms with E-state index in [0.29, 0.717) is 23.9 Å². The second-order valence-corrected chi connectivity index (χ2v) is 8.53. The van der Waals surface area contributed by atoms with E-state index in [2.05, 4.69) is 25.7 Å². The number of nitrogens with zero attached hydrogens (tertiary/aromatic N) is 4. The third-order valence-electron chi connectivity index (χ3n) is 6.56. The summed E-state index contributed by atoms with van der Waals surface area (Å²) >= 11 is 0. The lowest BCUT2D eigenvalue weighted by Crippen LogP contribution is -2.49. The molecule has 8 heteroatoms. The van der Waals surface area contributed by atoms with Crippen LogP contribution in [0.3, 0.4) is 0 Å². The van der Waals surface area contributed by atoms with Crippen molar-refractivity contribution in [1.82, 2.24) is 24.5 Å². The Morgan fingerprint density at radius 1 is 1.07 bits per heavy atom. The highest BCUT2D eigenvalue weighted by Gasteiger charge is 2.35. The molecule has 5 heterocycles. The topological polar surface area (TPSA) is 52.9 Å². The van der Waals surface area contributed by atoms with Crippen LogP contribution in [-0.4, -0.2) is 63.4 Å². The van der Waals surface area contributed by atoms with Crippen molar-refractivity contribution in [2.45, 2.75) is 50.7 Å². The Bertz CT molecular complexity index is 775. The monoisotopic (exact) mass is 439 g/mol. The highest BCUT2D eigenvalue weighted by Crippen LogP contribution is 2.33. The number of piperazine rings is 1. The largest absolute Gasteiger partial charge is 0.340 e. The van der Waals surface area contributed by atoms with Crippen LogP contribution in [0.15, 0.2) is 30.6 Å². The molecule has 2 aromatic heterocycles. The number of aromatic nitrogens is 2. The van der Waals surface area contributed by atoms with Crippen LogP contribution in [0, 0.1) is 5.92 Å². The van der Waals surface area contributed by atoms with Crippen molar-refractivity contribution in [2.24, 2.45) is 5.92 Å². The summed E-state index contributed by atoms with van der Waals surface area (Å²) < 4.78 is 2.07. The Morgan fingerprint density at radius 2 is 1.79 bits per heavy atom. The van der Waals surface area contributed by atoms with Crippen molar-refractivity contribution in [2.75, 3.05) is 26.2 Å². The molecule has 5 rings (SSSR count). The first-order valence-corrected chi connectivity index (χ1v) is 10.4. The molecule has 3 saturated heterocycles. The van der Waals surface area contributed by atoms with E-state index in [1.54, 1.807) is 0 Å². The van der Waals surface area contributed by atoms with Crippen molar-refractivity contribution in [3.8, 4) is 0 Å². The summed E-state index contributed by atoms with van der Waals surface area (Å²) in [6, 6.07) is 7.42. The van der Waals surface area contributed by atoms with E-state index in [-0.39, 0.29) is 24.8 Å². The summed E-state index contributed by atoms with van der Waals surface area (Å²) in [5, 5.41) is 3.67. The van der Waals surface area contributed by atoms with Gasteiger partial charge in [0.05, 0.1) is 5.69 Å². The van der Waals surface area contributed by atoms with Crippen molar-refractivity contribution >= 4 is 36.4 Å². The highest BCUT2D eigenvalue weighted by molar-refractivity contribution is 5.85. The van der Waals surface area contributed by atoms with Gasteiger partial charge in [-0.15, -0.1) is 24.8 Å². The van der Waals surface area contributed by atoms with Gasteiger partial charge in [0.1, 0.15) is 5.65 Å². The average molecular weight is 440 g/mol. The molecule has 0 radical (unpaired) electrons. The van der Waals surface area contributed by atoms with Crippen molar-refractivity contribution in [1.29, 1.82) is 0 Å². The molecule has 2 bridgehead atoms. The second-order valence-electron chi connectivity index (χ2n) is 8.53. The lowest BCUT2D eigenvalue weighted by atomic mass is 9.89. The van der Waals surface area contributed by atoms with E-state index in [0.717, 1.165) is 50.5 Å². The molecule has 0 spiro atoms. The number of piperidine rings is 1. The number of pyridine rings is 1. The third-order valence-corrected chi connectivity index (χ3v) is 6.56. The number of hydrogen-bond acceptors (Lipinski definition) is 4. The number of carbonyl (C=O) groups is 1. The van der Waals surface area contributed by atoms with Gasteiger partial charge in [0.15, 0.2) is 0 Å². The lowest BCUT2D eigenvalue weighted by Gasteiger charge is -2.36. The predicted octanol–water partition coefficient (Wildman–Crippen LogP) is 2.74. The molecule has 3 aliphatic heterocycles. The summed E-state index contributed by atoms with van der Waals surface area (Å²) in [6.45, 7) is 4.45. The van der Waals surface area contributed by atoms with Gasteiger partial charge in [-0.25, -0.2) is 4.98 Å². The summed E-state index contributed by atoms with van der Waals surface area (Å²) in [6.07, 6.45) is 9.88. The summed E-state index contributed by atoms with van der Waals surface area (Å²) in [5.41, 5.74) is 2.10. The summed E-state index contributed by atoms with van der Waals surface area (Å²) in [4.78, 5) is 21.9. The number of imidazole rings is 1. The SMILES string of the molecule is Cl.Cl.O=C(CC1CC2CCC(C1)N2)N1CCN(Cc2cn3ccccc3n2)CC1. The van der Waals surface area contributed by atoms with Crippen molar-refractivity contribution < 1.29 is 4.79 Å². The average Bonchev–Trinajstić information content (AvgIpc) is 3.24. The fourth-order valence-electron chi connectivity index (χ4n) is 5.17. The molecule has 1 N–H and O–H groups in total. The summed E-state index contributed by atoms with van der Waals surface area (Å²) in [7, 11) is 0. The molecular formula is C21H31Cl2N5O. The number of rotatable bonds is 4. The van der Waals surface area contributed by atoms with E-state index in [4.69, 9.17) is 4.98 Å². The molecule has 160 valence electrons. The van der Waals surface area contributed by atoms with Crippen LogP contribution in [0.25, 0.3) is 5.65 Å². The van der Waals surface area contributed by atoms with Gasteiger partial charge in [0, 0.05) is 63.6 Å². The van der Waals surface area contributed by atoms with Gasteiger partial charge in [-0.05, 0) is 43.7 Å². The quantitative estimate of drug-likeness (QED) is 0.795. The number of carbonyl (C=O) groups excluding carboxylic acids is 1. The predicted molar refractivity (Wildman–Crippen MR) is 119 cm³/mol. The van der Waals surface area contributed by atoms with E-state index in [1.807, 2.05) is 24.4 Å². The number of amides is 1. The van der Waals surface area contributed by atoms with Crippen LogP contribution < -0.4 is 5.32 Å². The van der Waals surface area contributed by atoms with Gasteiger partial charge in [-0.3, -0.25) is 9.69 Å². The zero-order chi connectivity index (χ0) is 18.2. The maximum absolute atomic E-state index is 12.8. The van der Waals surface area contributed by atoms with Gasteiger partial charge in [0.2, 0.25) is 5.91 Å². The van der Waals surface area contributed by atoms with Gasteiger partial charge in [-0.2, -0.15) is 0 Å².